The minimum atomic E-state index is -3.63. The monoisotopic (exact) mass is 494 g/mol. The van der Waals surface area contributed by atoms with Gasteiger partial charge in [-0.2, -0.15) is 4.31 Å². The highest BCUT2D eigenvalue weighted by Gasteiger charge is 2.33. The minimum Gasteiger partial charge on any atom is -0.497 e. The van der Waals surface area contributed by atoms with Crippen LogP contribution in [0.25, 0.3) is 0 Å². The van der Waals surface area contributed by atoms with E-state index in [-0.39, 0.29) is 19.0 Å². The molecule has 6 nitrogen and oxygen atoms in total. The smallest absolute Gasteiger partial charge is 0.255 e. The molecule has 1 fully saturated rings. The van der Waals surface area contributed by atoms with Gasteiger partial charge in [0.1, 0.15) is 5.75 Å². The fourth-order valence-electron chi connectivity index (χ4n) is 3.79. The number of hydrogen-bond acceptors (Lipinski definition) is 4. The van der Waals surface area contributed by atoms with Crippen molar-refractivity contribution in [2.45, 2.75) is 32.6 Å². The third-order valence-corrected chi connectivity index (χ3v) is 8.69. The van der Waals surface area contributed by atoms with Crippen molar-refractivity contribution >= 4 is 31.9 Å². The van der Waals surface area contributed by atoms with Gasteiger partial charge in [0.05, 0.1) is 17.6 Å². The number of sulfonamides is 1. The van der Waals surface area contributed by atoms with E-state index in [0.717, 1.165) is 22.3 Å². The molecule has 162 valence electrons. The number of carbonyl (C=O) groups excluding carboxylic acids is 1. The van der Waals surface area contributed by atoms with Gasteiger partial charge < -0.3 is 9.64 Å². The van der Waals surface area contributed by atoms with Gasteiger partial charge in [0, 0.05) is 30.7 Å². The van der Waals surface area contributed by atoms with Crippen LogP contribution in [0, 0.1) is 27.7 Å². The number of aryl methyl sites for hydroxylation is 2. The predicted molar refractivity (Wildman–Crippen MR) is 121 cm³/mol. The van der Waals surface area contributed by atoms with Gasteiger partial charge in [0.25, 0.3) is 5.91 Å². The number of hydrogen-bond donors (Lipinski definition) is 0. The number of piperazine rings is 1. The topological polar surface area (TPSA) is 66.9 Å². The molecule has 1 saturated heterocycles. The van der Waals surface area contributed by atoms with Crippen LogP contribution >= 0.6 is 15.9 Å². The maximum atomic E-state index is 13.4. The molecular formula is C22H27BrN2O4S. The lowest BCUT2D eigenvalue weighted by atomic mass is 10.0. The van der Waals surface area contributed by atoms with E-state index in [4.69, 9.17) is 4.74 Å². The number of rotatable bonds is 4. The lowest BCUT2D eigenvalue weighted by Gasteiger charge is -2.35. The molecule has 0 N–H and O–H groups in total. The van der Waals surface area contributed by atoms with Crippen LogP contribution in [0.15, 0.2) is 33.6 Å². The SMILES string of the molecule is COc1ccc(Br)c(C(=O)N2CCN(S(=O)(=O)c3c(C)c(C)cc(C)c3C)CC2)c1. The zero-order valence-corrected chi connectivity index (χ0v) is 20.4. The van der Waals surface area contributed by atoms with Crippen LogP contribution in [0.2, 0.25) is 0 Å². The molecule has 0 bridgehead atoms. The standard InChI is InChI=1S/C22H27BrN2O4S/c1-14-12-15(2)17(4)21(16(14)3)30(27,28)25-10-8-24(9-11-25)22(26)19-13-18(29-5)6-7-20(19)23/h6-7,12-13H,8-11H2,1-5H3. The van der Waals surface area contributed by atoms with Crippen molar-refractivity contribution in [2.24, 2.45) is 0 Å². The molecule has 1 aliphatic heterocycles. The Kier molecular flexibility index (Phi) is 6.60. The number of nitrogens with zero attached hydrogens (tertiary/aromatic N) is 2. The number of carbonyl (C=O) groups is 1. The highest BCUT2D eigenvalue weighted by Crippen LogP contribution is 2.30. The fourth-order valence-corrected chi connectivity index (χ4v) is 6.21. The lowest BCUT2D eigenvalue weighted by molar-refractivity contribution is 0.0696. The summed E-state index contributed by atoms with van der Waals surface area (Å²) in [7, 11) is -2.08. The Morgan fingerprint density at radius 2 is 1.53 bits per heavy atom. The zero-order chi connectivity index (χ0) is 22.2. The van der Waals surface area contributed by atoms with Crippen LogP contribution in [-0.4, -0.2) is 56.8 Å². The number of amides is 1. The minimum absolute atomic E-state index is 0.142. The molecule has 0 saturated carbocycles. The number of ether oxygens (including phenoxy) is 1. The fraction of sp³-hybridized carbons (Fsp3) is 0.409. The molecule has 30 heavy (non-hydrogen) atoms. The van der Waals surface area contributed by atoms with E-state index in [9.17, 15) is 13.2 Å². The Labute approximate surface area is 187 Å². The average molecular weight is 495 g/mol. The molecule has 2 aromatic rings. The molecule has 0 aliphatic carbocycles. The van der Waals surface area contributed by atoms with Crippen molar-refractivity contribution in [1.82, 2.24) is 9.21 Å². The van der Waals surface area contributed by atoms with Crippen LogP contribution < -0.4 is 4.74 Å². The molecule has 1 heterocycles. The Morgan fingerprint density at radius 1 is 0.967 bits per heavy atom. The van der Waals surface area contributed by atoms with Gasteiger partial charge in [-0.25, -0.2) is 8.42 Å². The molecule has 1 aliphatic rings. The largest absolute Gasteiger partial charge is 0.497 e. The first-order valence-corrected chi connectivity index (χ1v) is 12.0. The van der Waals surface area contributed by atoms with E-state index in [2.05, 4.69) is 15.9 Å². The Hall–Kier alpha value is -1.90. The second-order valence-corrected chi connectivity index (χ2v) is 10.4. The summed E-state index contributed by atoms with van der Waals surface area (Å²) in [5.74, 6) is 0.458. The lowest BCUT2D eigenvalue weighted by Crippen LogP contribution is -2.50. The van der Waals surface area contributed by atoms with Crippen LogP contribution in [0.1, 0.15) is 32.6 Å². The van der Waals surface area contributed by atoms with Gasteiger partial charge in [-0.05, 0) is 84.1 Å². The molecule has 2 aromatic carbocycles. The van der Waals surface area contributed by atoms with E-state index >= 15 is 0 Å². The van der Waals surface area contributed by atoms with Crippen molar-refractivity contribution in [2.75, 3.05) is 33.3 Å². The maximum Gasteiger partial charge on any atom is 0.255 e. The van der Waals surface area contributed by atoms with E-state index in [1.165, 1.54) is 4.31 Å². The van der Waals surface area contributed by atoms with Crippen LogP contribution in [0.5, 0.6) is 5.75 Å². The molecule has 3 rings (SSSR count). The third-order valence-electron chi connectivity index (χ3n) is 5.82. The van der Waals surface area contributed by atoms with Gasteiger partial charge in [-0.1, -0.05) is 6.07 Å². The van der Waals surface area contributed by atoms with Gasteiger partial charge in [0.15, 0.2) is 0 Å². The zero-order valence-electron chi connectivity index (χ0n) is 18.0. The van der Waals surface area contributed by atoms with E-state index < -0.39 is 10.0 Å². The summed E-state index contributed by atoms with van der Waals surface area (Å²) >= 11 is 3.42. The van der Waals surface area contributed by atoms with Crippen LogP contribution in [0.3, 0.4) is 0 Å². The molecule has 0 atom stereocenters. The van der Waals surface area contributed by atoms with Crippen molar-refractivity contribution in [3.63, 3.8) is 0 Å². The molecule has 0 spiro atoms. The Morgan fingerprint density at radius 3 is 2.07 bits per heavy atom. The average Bonchev–Trinajstić information content (AvgIpc) is 2.72. The third kappa shape index (κ3) is 4.13. The van der Waals surface area contributed by atoms with Gasteiger partial charge >= 0.3 is 0 Å². The second-order valence-electron chi connectivity index (χ2n) is 7.63. The summed E-state index contributed by atoms with van der Waals surface area (Å²) < 4.78 is 34.2. The molecule has 0 radical (unpaired) electrons. The van der Waals surface area contributed by atoms with Crippen LogP contribution in [0.4, 0.5) is 0 Å². The normalized spacial score (nSPS) is 15.3. The highest BCUT2D eigenvalue weighted by atomic mass is 79.9. The van der Waals surface area contributed by atoms with Crippen LogP contribution in [-0.2, 0) is 10.0 Å². The first-order valence-electron chi connectivity index (χ1n) is 9.78. The van der Waals surface area contributed by atoms with Gasteiger partial charge in [0.2, 0.25) is 10.0 Å². The van der Waals surface area contributed by atoms with E-state index in [0.29, 0.717) is 33.8 Å². The molecule has 0 aromatic heterocycles. The van der Waals surface area contributed by atoms with Crippen molar-refractivity contribution in [3.8, 4) is 5.75 Å². The summed E-state index contributed by atoms with van der Waals surface area (Å²) in [6.45, 7) is 8.79. The molecule has 0 unspecified atom stereocenters. The Balaban J connectivity index is 1.82. The van der Waals surface area contributed by atoms with Crippen molar-refractivity contribution < 1.29 is 17.9 Å². The summed E-state index contributed by atoms with van der Waals surface area (Å²) in [6.07, 6.45) is 0. The number of methoxy groups -OCH3 is 1. The summed E-state index contributed by atoms with van der Waals surface area (Å²) in [4.78, 5) is 15.1. The van der Waals surface area contributed by atoms with E-state index in [1.807, 2.05) is 33.8 Å². The maximum absolute atomic E-state index is 13.4. The summed E-state index contributed by atoms with van der Waals surface area (Å²) in [6, 6.07) is 7.27. The van der Waals surface area contributed by atoms with Crippen molar-refractivity contribution in [1.29, 1.82) is 0 Å². The van der Waals surface area contributed by atoms with Gasteiger partial charge in [-0.3, -0.25) is 4.79 Å². The molecule has 1 amide bonds. The highest BCUT2D eigenvalue weighted by molar-refractivity contribution is 9.10. The molecular weight excluding hydrogens is 468 g/mol. The Bertz CT molecular complexity index is 1060. The first kappa shape index (κ1) is 22.8. The van der Waals surface area contributed by atoms with Gasteiger partial charge in [-0.15, -0.1) is 0 Å². The predicted octanol–water partition coefficient (Wildman–Crippen LogP) is 3.84. The summed E-state index contributed by atoms with van der Waals surface area (Å²) in [5.41, 5.74) is 4.02. The second kappa shape index (κ2) is 8.69. The first-order chi connectivity index (χ1) is 14.1. The number of benzene rings is 2. The summed E-state index contributed by atoms with van der Waals surface area (Å²) in [5, 5.41) is 0. The van der Waals surface area contributed by atoms with E-state index in [1.54, 1.807) is 30.2 Å². The van der Waals surface area contributed by atoms with Crippen molar-refractivity contribution in [3.05, 3.63) is 56.6 Å². The number of halogens is 1. The quantitative estimate of drug-likeness (QED) is 0.647. The molecule has 8 heteroatoms.